The highest BCUT2D eigenvalue weighted by Gasteiger charge is 2.25. The van der Waals surface area contributed by atoms with E-state index in [1.165, 1.54) is 6.26 Å². The molecule has 1 aromatic rings. The molecule has 5 nitrogen and oxygen atoms in total. The molecule has 2 heterocycles. The van der Waals surface area contributed by atoms with Crippen molar-refractivity contribution in [2.45, 2.75) is 51.5 Å². The summed E-state index contributed by atoms with van der Waals surface area (Å²) >= 11 is 0. The molecule has 2 amide bonds. The van der Waals surface area contributed by atoms with E-state index in [9.17, 15) is 9.59 Å². The van der Waals surface area contributed by atoms with Crippen LogP contribution in [0.1, 0.15) is 56.0 Å². The second-order valence-electron chi connectivity index (χ2n) is 5.57. The third-order valence-electron chi connectivity index (χ3n) is 3.89. The lowest BCUT2D eigenvalue weighted by atomic mass is 10.0. The first-order valence-corrected chi connectivity index (χ1v) is 7.83. The molecule has 0 atom stereocenters. The normalized spacial score (nSPS) is 16.0. The molecular weight excluding hydrogens is 268 g/mol. The molecule has 0 saturated carbocycles. The third-order valence-corrected chi connectivity index (χ3v) is 3.89. The van der Waals surface area contributed by atoms with Crippen LogP contribution in [0, 0.1) is 0 Å². The quantitative estimate of drug-likeness (QED) is 0.820. The molecule has 0 unspecified atom stereocenters. The average Bonchev–Trinajstić information content (AvgIpc) is 3.02. The molecule has 2 rings (SSSR count). The van der Waals surface area contributed by atoms with Crippen molar-refractivity contribution in [1.29, 1.82) is 0 Å². The highest BCUT2D eigenvalue weighted by Crippen LogP contribution is 2.14. The topological polar surface area (TPSA) is 62.6 Å². The maximum Gasteiger partial charge on any atom is 0.289 e. The lowest BCUT2D eigenvalue weighted by molar-refractivity contribution is -0.122. The van der Waals surface area contributed by atoms with E-state index in [1.807, 2.05) is 0 Å². The largest absolute Gasteiger partial charge is 0.459 e. The van der Waals surface area contributed by atoms with E-state index in [4.69, 9.17) is 4.42 Å². The van der Waals surface area contributed by atoms with Gasteiger partial charge >= 0.3 is 0 Å². The van der Waals surface area contributed by atoms with Gasteiger partial charge in [0.05, 0.1) is 6.26 Å². The standard InChI is InChI=1S/C16H24N2O3/c1-2-3-4-7-15(19)17-13-8-10-18(11-9-13)16(20)14-6-5-12-21-14/h5-6,12-13H,2-4,7-11H2,1H3,(H,17,19). The predicted octanol–water partition coefficient (Wildman–Crippen LogP) is 2.58. The first-order valence-electron chi connectivity index (χ1n) is 7.83. The summed E-state index contributed by atoms with van der Waals surface area (Å²) in [7, 11) is 0. The molecule has 0 aromatic carbocycles. The minimum absolute atomic E-state index is 0.0623. The van der Waals surface area contributed by atoms with Crippen molar-refractivity contribution in [3.8, 4) is 0 Å². The maximum absolute atomic E-state index is 12.1. The Kier molecular flexibility index (Phi) is 5.84. The smallest absolute Gasteiger partial charge is 0.289 e. The van der Waals surface area contributed by atoms with Crippen LogP contribution in [-0.2, 0) is 4.79 Å². The average molecular weight is 292 g/mol. The second-order valence-corrected chi connectivity index (χ2v) is 5.57. The zero-order chi connectivity index (χ0) is 15.1. The Morgan fingerprint density at radius 3 is 2.71 bits per heavy atom. The Bertz CT molecular complexity index is 448. The number of hydrogen-bond acceptors (Lipinski definition) is 3. The van der Waals surface area contributed by atoms with Gasteiger partial charge in [-0.2, -0.15) is 0 Å². The molecule has 1 saturated heterocycles. The van der Waals surface area contributed by atoms with E-state index in [2.05, 4.69) is 12.2 Å². The first-order chi connectivity index (χ1) is 10.2. The molecule has 1 fully saturated rings. The number of nitrogens with zero attached hydrogens (tertiary/aromatic N) is 1. The molecule has 0 radical (unpaired) electrons. The van der Waals surface area contributed by atoms with E-state index in [0.29, 0.717) is 25.3 Å². The summed E-state index contributed by atoms with van der Waals surface area (Å²) in [6, 6.07) is 3.60. The molecule has 0 spiro atoms. The summed E-state index contributed by atoms with van der Waals surface area (Å²) in [5.74, 6) is 0.462. The van der Waals surface area contributed by atoms with E-state index >= 15 is 0 Å². The van der Waals surface area contributed by atoms with E-state index in [-0.39, 0.29) is 17.9 Å². The van der Waals surface area contributed by atoms with E-state index < -0.39 is 0 Å². The molecule has 1 aromatic heterocycles. The zero-order valence-electron chi connectivity index (χ0n) is 12.6. The highest BCUT2D eigenvalue weighted by molar-refractivity contribution is 5.91. The number of carbonyl (C=O) groups is 2. The molecule has 0 aliphatic carbocycles. The van der Waals surface area contributed by atoms with Crippen molar-refractivity contribution in [2.24, 2.45) is 0 Å². The number of piperidine rings is 1. The van der Waals surface area contributed by atoms with Gasteiger partial charge in [-0.25, -0.2) is 0 Å². The van der Waals surface area contributed by atoms with Gasteiger partial charge in [0, 0.05) is 25.6 Å². The van der Waals surface area contributed by atoms with Crippen molar-refractivity contribution < 1.29 is 14.0 Å². The molecule has 0 bridgehead atoms. The zero-order valence-corrected chi connectivity index (χ0v) is 12.6. The molecule has 21 heavy (non-hydrogen) atoms. The minimum Gasteiger partial charge on any atom is -0.459 e. The Labute approximate surface area is 125 Å². The Morgan fingerprint density at radius 2 is 2.10 bits per heavy atom. The van der Waals surface area contributed by atoms with Gasteiger partial charge in [-0.05, 0) is 31.4 Å². The van der Waals surface area contributed by atoms with Crippen molar-refractivity contribution >= 4 is 11.8 Å². The van der Waals surface area contributed by atoms with Gasteiger partial charge in [0.1, 0.15) is 0 Å². The fourth-order valence-corrected chi connectivity index (χ4v) is 2.62. The predicted molar refractivity (Wildman–Crippen MR) is 79.9 cm³/mol. The van der Waals surface area contributed by atoms with Crippen LogP contribution in [0.15, 0.2) is 22.8 Å². The number of carbonyl (C=O) groups excluding carboxylic acids is 2. The van der Waals surface area contributed by atoms with Crippen LogP contribution in [0.4, 0.5) is 0 Å². The van der Waals surface area contributed by atoms with Gasteiger partial charge in [0.15, 0.2) is 5.76 Å². The monoisotopic (exact) mass is 292 g/mol. The number of nitrogens with one attached hydrogen (secondary N) is 1. The third kappa shape index (κ3) is 4.62. The summed E-state index contributed by atoms with van der Waals surface area (Å²) in [5.41, 5.74) is 0. The van der Waals surface area contributed by atoms with Crippen LogP contribution in [-0.4, -0.2) is 35.8 Å². The summed E-state index contributed by atoms with van der Waals surface area (Å²) < 4.78 is 5.13. The number of amides is 2. The highest BCUT2D eigenvalue weighted by atomic mass is 16.3. The van der Waals surface area contributed by atoms with Crippen LogP contribution in [0.5, 0.6) is 0 Å². The fraction of sp³-hybridized carbons (Fsp3) is 0.625. The summed E-state index contributed by atoms with van der Waals surface area (Å²) in [5, 5.41) is 3.07. The molecule has 5 heteroatoms. The fourth-order valence-electron chi connectivity index (χ4n) is 2.62. The van der Waals surface area contributed by atoms with Gasteiger partial charge < -0.3 is 14.6 Å². The minimum atomic E-state index is -0.0623. The van der Waals surface area contributed by atoms with Crippen LogP contribution >= 0.6 is 0 Å². The number of unbranched alkanes of at least 4 members (excludes halogenated alkanes) is 2. The Morgan fingerprint density at radius 1 is 1.33 bits per heavy atom. The maximum atomic E-state index is 12.1. The van der Waals surface area contributed by atoms with E-state index in [0.717, 1.165) is 32.1 Å². The van der Waals surface area contributed by atoms with Crippen LogP contribution < -0.4 is 5.32 Å². The van der Waals surface area contributed by atoms with Crippen LogP contribution in [0.25, 0.3) is 0 Å². The van der Waals surface area contributed by atoms with Gasteiger partial charge in [0.2, 0.25) is 5.91 Å². The summed E-state index contributed by atoms with van der Waals surface area (Å²) in [6.07, 6.45) is 6.93. The number of likely N-dealkylation sites (tertiary alicyclic amines) is 1. The lowest BCUT2D eigenvalue weighted by Gasteiger charge is -2.31. The van der Waals surface area contributed by atoms with Crippen molar-refractivity contribution in [3.05, 3.63) is 24.2 Å². The van der Waals surface area contributed by atoms with Crippen LogP contribution in [0.3, 0.4) is 0 Å². The SMILES string of the molecule is CCCCCC(=O)NC1CCN(C(=O)c2ccco2)CC1. The van der Waals surface area contributed by atoms with Gasteiger partial charge in [0.25, 0.3) is 5.91 Å². The Hall–Kier alpha value is -1.78. The lowest BCUT2D eigenvalue weighted by Crippen LogP contribution is -2.46. The van der Waals surface area contributed by atoms with Crippen molar-refractivity contribution in [3.63, 3.8) is 0 Å². The Balaban J connectivity index is 1.71. The van der Waals surface area contributed by atoms with Crippen LogP contribution in [0.2, 0.25) is 0 Å². The number of rotatable bonds is 6. The molecule has 1 N–H and O–H groups in total. The van der Waals surface area contributed by atoms with Crippen molar-refractivity contribution in [1.82, 2.24) is 10.2 Å². The second kappa shape index (κ2) is 7.86. The molecule has 1 aliphatic heterocycles. The number of hydrogen-bond donors (Lipinski definition) is 1. The molecule has 116 valence electrons. The van der Waals surface area contributed by atoms with Gasteiger partial charge in [-0.1, -0.05) is 19.8 Å². The summed E-state index contributed by atoms with van der Waals surface area (Å²) in [6.45, 7) is 3.46. The van der Waals surface area contributed by atoms with E-state index in [1.54, 1.807) is 17.0 Å². The van der Waals surface area contributed by atoms with Gasteiger partial charge in [-0.15, -0.1) is 0 Å². The first kappa shape index (κ1) is 15.6. The molecular formula is C16H24N2O3. The van der Waals surface area contributed by atoms with Gasteiger partial charge in [-0.3, -0.25) is 9.59 Å². The summed E-state index contributed by atoms with van der Waals surface area (Å²) in [4.78, 5) is 25.7. The number of furan rings is 1. The van der Waals surface area contributed by atoms with Crippen molar-refractivity contribution in [2.75, 3.05) is 13.1 Å². The molecule has 1 aliphatic rings.